The number of nitrogens with zero attached hydrogens (tertiary/aromatic N) is 2. The number of hydrogen-bond acceptors (Lipinski definition) is 4. The van der Waals surface area contributed by atoms with Crippen molar-refractivity contribution in [3.8, 4) is 0 Å². The van der Waals surface area contributed by atoms with Crippen LogP contribution in [0.3, 0.4) is 0 Å². The molecule has 0 radical (unpaired) electrons. The number of rotatable bonds is 5. The predicted molar refractivity (Wildman–Crippen MR) is 78.2 cm³/mol. The molecule has 6 nitrogen and oxygen atoms in total. The Morgan fingerprint density at radius 1 is 1.40 bits per heavy atom. The summed E-state index contributed by atoms with van der Waals surface area (Å²) in [5.74, 6) is 5.26. The molecule has 0 spiro atoms. The van der Waals surface area contributed by atoms with Gasteiger partial charge >= 0.3 is 0 Å². The molecule has 0 bridgehead atoms. The number of benzene rings is 1. The van der Waals surface area contributed by atoms with Crippen molar-refractivity contribution >= 4 is 11.6 Å². The zero-order chi connectivity index (χ0) is 14.5. The molecular formula is C14H19N5O. The van der Waals surface area contributed by atoms with Crippen LogP contribution in [0.4, 0.5) is 5.69 Å². The first-order chi connectivity index (χ1) is 9.61. The van der Waals surface area contributed by atoms with Crippen LogP contribution in [-0.4, -0.2) is 22.2 Å². The highest BCUT2D eigenvalue weighted by Crippen LogP contribution is 2.14. The average molecular weight is 273 g/mol. The number of nitrogen functional groups attached to an aromatic ring is 1. The fraction of sp³-hybridized carbons (Fsp3) is 0.286. The van der Waals surface area contributed by atoms with Crippen molar-refractivity contribution in [2.75, 3.05) is 12.0 Å². The van der Waals surface area contributed by atoms with Gasteiger partial charge in [-0.25, -0.2) is 0 Å². The van der Waals surface area contributed by atoms with Crippen LogP contribution in [0, 0.1) is 6.92 Å². The predicted octanol–water partition coefficient (Wildman–Crippen LogP) is 0.987. The van der Waals surface area contributed by atoms with E-state index in [1.54, 1.807) is 23.0 Å². The summed E-state index contributed by atoms with van der Waals surface area (Å²) in [6.45, 7) is 2.46. The van der Waals surface area contributed by atoms with Crippen molar-refractivity contribution in [2.24, 2.45) is 12.9 Å². The summed E-state index contributed by atoms with van der Waals surface area (Å²) < 4.78 is 1.80. The van der Waals surface area contributed by atoms with Crippen LogP contribution in [0.15, 0.2) is 30.5 Å². The Hall–Kier alpha value is -2.34. The van der Waals surface area contributed by atoms with Gasteiger partial charge in [0.05, 0.1) is 0 Å². The second kappa shape index (κ2) is 6.21. The Labute approximate surface area is 117 Å². The standard InChI is InChI=1S/C14H19N5O/c1-10-9-11(18-15)3-4-13(10)14(20)16-7-5-12-6-8-17-19(12)2/h3-4,6,8-9,18H,5,7,15H2,1-2H3,(H,16,20). The second-order valence-electron chi connectivity index (χ2n) is 4.63. The third kappa shape index (κ3) is 3.16. The van der Waals surface area contributed by atoms with Gasteiger partial charge in [-0.1, -0.05) is 0 Å². The molecule has 2 rings (SSSR count). The summed E-state index contributed by atoms with van der Waals surface area (Å²) in [6, 6.07) is 7.34. The van der Waals surface area contributed by atoms with E-state index in [-0.39, 0.29) is 5.91 Å². The summed E-state index contributed by atoms with van der Waals surface area (Å²) in [5.41, 5.74) is 5.98. The molecule has 0 aliphatic carbocycles. The summed E-state index contributed by atoms with van der Waals surface area (Å²) >= 11 is 0. The maximum absolute atomic E-state index is 12.1. The fourth-order valence-electron chi connectivity index (χ4n) is 2.05. The highest BCUT2D eigenvalue weighted by atomic mass is 16.1. The van der Waals surface area contributed by atoms with E-state index in [0.29, 0.717) is 12.1 Å². The third-order valence-corrected chi connectivity index (χ3v) is 3.23. The number of carbonyl (C=O) groups excluding carboxylic acids is 1. The van der Waals surface area contributed by atoms with Gasteiger partial charge in [0.1, 0.15) is 0 Å². The van der Waals surface area contributed by atoms with Crippen LogP contribution in [0.2, 0.25) is 0 Å². The van der Waals surface area contributed by atoms with Crippen LogP contribution >= 0.6 is 0 Å². The number of carbonyl (C=O) groups is 1. The van der Waals surface area contributed by atoms with Gasteiger partial charge in [0, 0.05) is 43.2 Å². The van der Waals surface area contributed by atoms with Crippen LogP contribution in [0.25, 0.3) is 0 Å². The lowest BCUT2D eigenvalue weighted by atomic mass is 10.1. The van der Waals surface area contributed by atoms with Crippen molar-refractivity contribution in [2.45, 2.75) is 13.3 Å². The zero-order valence-corrected chi connectivity index (χ0v) is 11.7. The number of aromatic nitrogens is 2. The first kappa shape index (κ1) is 14.1. The SMILES string of the molecule is Cc1cc(NN)ccc1C(=O)NCCc1ccnn1C. The molecular weight excluding hydrogens is 254 g/mol. The first-order valence-corrected chi connectivity index (χ1v) is 6.44. The Balaban J connectivity index is 1.93. The Morgan fingerprint density at radius 2 is 2.20 bits per heavy atom. The third-order valence-electron chi connectivity index (χ3n) is 3.23. The smallest absolute Gasteiger partial charge is 0.251 e. The minimum Gasteiger partial charge on any atom is -0.352 e. The maximum atomic E-state index is 12.1. The van der Waals surface area contributed by atoms with E-state index in [1.807, 2.05) is 26.1 Å². The highest BCUT2D eigenvalue weighted by Gasteiger charge is 2.09. The van der Waals surface area contributed by atoms with E-state index in [9.17, 15) is 4.79 Å². The number of hydrogen-bond donors (Lipinski definition) is 3. The molecule has 20 heavy (non-hydrogen) atoms. The number of aryl methyl sites for hydroxylation is 2. The number of hydrazine groups is 1. The van der Waals surface area contributed by atoms with Gasteiger partial charge in [0.25, 0.3) is 5.91 Å². The molecule has 1 heterocycles. The number of nitrogens with two attached hydrogens (primary N) is 1. The molecule has 4 N–H and O–H groups in total. The Morgan fingerprint density at radius 3 is 2.80 bits per heavy atom. The van der Waals surface area contributed by atoms with Crippen molar-refractivity contribution in [1.82, 2.24) is 15.1 Å². The average Bonchev–Trinajstić information content (AvgIpc) is 2.84. The molecule has 1 aromatic heterocycles. The molecule has 1 aromatic carbocycles. The number of amides is 1. The molecule has 0 saturated carbocycles. The van der Waals surface area contributed by atoms with Crippen LogP contribution in [0.5, 0.6) is 0 Å². The van der Waals surface area contributed by atoms with E-state index in [0.717, 1.165) is 23.4 Å². The van der Waals surface area contributed by atoms with Crippen LogP contribution in [0.1, 0.15) is 21.6 Å². The van der Waals surface area contributed by atoms with E-state index in [2.05, 4.69) is 15.8 Å². The van der Waals surface area contributed by atoms with Crippen molar-refractivity contribution < 1.29 is 4.79 Å². The van der Waals surface area contributed by atoms with E-state index in [1.165, 1.54) is 0 Å². The molecule has 0 aliphatic heterocycles. The molecule has 2 aromatic rings. The summed E-state index contributed by atoms with van der Waals surface area (Å²) in [6.07, 6.45) is 2.50. The van der Waals surface area contributed by atoms with Gasteiger partial charge in [-0.15, -0.1) is 0 Å². The minimum absolute atomic E-state index is 0.0757. The van der Waals surface area contributed by atoms with Gasteiger partial charge in [-0.3, -0.25) is 15.3 Å². The topological polar surface area (TPSA) is 85.0 Å². The minimum atomic E-state index is -0.0757. The molecule has 0 atom stereocenters. The zero-order valence-electron chi connectivity index (χ0n) is 11.7. The monoisotopic (exact) mass is 273 g/mol. The maximum Gasteiger partial charge on any atom is 0.251 e. The molecule has 0 saturated heterocycles. The van der Waals surface area contributed by atoms with Gasteiger partial charge in [0.15, 0.2) is 0 Å². The molecule has 0 aliphatic rings. The lowest BCUT2D eigenvalue weighted by Gasteiger charge is -2.09. The van der Waals surface area contributed by atoms with Gasteiger partial charge in [-0.05, 0) is 36.8 Å². The number of anilines is 1. The van der Waals surface area contributed by atoms with E-state index in [4.69, 9.17) is 5.84 Å². The van der Waals surface area contributed by atoms with Gasteiger partial charge in [-0.2, -0.15) is 5.10 Å². The number of nitrogens with one attached hydrogen (secondary N) is 2. The lowest BCUT2D eigenvalue weighted by Crippen LogP contribution is -2.27. The summed E-state index contributed by atoms with van der Waals surface area (Å²) in [7, 11) is 1.89. The van der Waals surface area contributed by atoms with Crippen molar-refractivity contribution in [1.29, 1.82) is 0 Å². The lowest BCUT2D eigenvalue weighted by molar-refractivity contribution is 0.0953. The van der Waals surface area contributed by atoms with Crippen LogP contribution in [-0.2, 0) is 13.5 Å². The molecule has 1 amide bonds. The molecule has 0 fully saturated rings. The highest BCUT2D eigenvalue weighted by molar-refractivity contribution is 5.96. The largest absolute Gasteiger partial charge is 0.352 e. The van der Waals surface area contributed by atoms with Crippen molar-refractivity contribution in [3.63, 3.8) is 0 Å². The molecule has 0 unspecified atom stereocenters. The van der Waals surface area contributed by atoms with E-state index >= 15 is 0 Å². The first-order valence-electron chi connectivity index (χ1n) is 6.44. The van der Waals surface area contributed by atoms with Gasteiger partial charge in [0.2, 0.25) is 0 Å². The second-order valence-corrected chi connectivity index (χ2v) is 4.63. The molecule has 106 valence electrons. The fourth-order valence-corrected chi connectivity index (χ4v) is 2.05. The Bertz CT molecular complexity index is 605. The van der Waals surface area contributed by atoms with E-state index < -0.39 is 0 Å². The normalized spacial score (nSPS) is 10.3. The summed E-state index contributed by atoms with van der Waals surface area (Å²) in [4.78, 5) is 12.1. The Kier molecular flexibility index (Phi) is 4.37. The summed E-state index contributed by atoms with van der Waals surface area (Å²) in [5, 5.41) is 7.00. The molecule has 6 heteroatoms. The van der Waals surface area contributed by atoms with Crippen molar-refractivity contribution in [3.05, 3.63) is 47.3 Å². The van der Waals surface area contributed by atoms with Gasteiger partial charge < -0.3 is 10.7 Å². The van der Waals surface area contributed by atoms with Crippen LogP contribution < -0.4 is 16.6 Å². The quantitative estimate of drug-likeness (QED) is 0.560.